The average Bonchev–Trinajstić information content (AvgIpc) is 2.42. The standard InChI is InChI=1S/C14H16N2O3S/c1-14(2)13(17)16(20(14,18)19)10-12-6-3-5-11(9-12)7-4-8-15/h3,5-6,9H,8,10,15H2,1-2H3. The first kappa shape index (κ1) is 14.6. The molecule has 1 aromatic carbocycles. The van der Waals surface area contributed by atoms with E-state index in [1.54, 1.807) is 18.2 Å². The first-order chi connectivity index (χ1) is 9.30. The Hall–Kier alpha value is -1.84. The van der Waals surface area contributed by atoms with Gasteiger partial charge in [-0.05, 0) is 31.5 Å². The monoisotopic (exact) mass is 292 g/mol. The van der Waals surface area contributed by atoms with E-state index in [4.69, 9.17) is 5.73 Å². The highest BCUT2D eigenvalue weighted by molar-refractivity contribution is 7.94. The second kappa shape index (κ2) is 4.93. The molecule has 1 aliphatic heterocycles. The van der Waals surface area contributed by atoms with E-state index in [9.17, 15) is 13.2 Å². The molecule has 20 heavy (non-hydrogen) atoms. The summed E-state index contributed by atoms with van der Waals surface area (Å²) in [6, 6.07) is 7.11. The summed E-state index contributed by atoms with van der Waals surface area (Å²) in [5.41, 5.74) is 6.77. The van der Waals surface area contributed by atoms with Crippen LogP contribution in [0, 0.1) is 11.8 Å². The van der Waals surface area contributed by atoms with Gasteiger partial charge in [-0.3, -0.25) is 4.79 Å². The largest absolute Gasteiger partial charge is 0.320 e. The van der Waals surface area contributed by atoms with E-state index in [0.717, 1.165) is 15.4 Å². The highest BCUT2D eigenvalue weighted by Crippen LogP contribution is 2.35. The lowest BCUT2D eigenvalue weighted by molar-refractivity contribution is -0.132. The van der Waals surface area contributed by atoms with Crippen LogP contribution in [-0.4, -0.2) is 29.9 Å². The number of rotatable bonds is 2. The highest BCUT2D eigenvalue weighted by atomic mass is 32.2. The number of hydrogen-bond donors (Lipinski definition) is 1. The van der Waals surface area contributed by atoms with E-state index in [0.29, 0.717) is 0 Å². The van der Waals surface area contributed by atoms with E-state index < -0.39 is 14.8 Å². The van der Waals surface area contributed by atoms with E-state index in [-0.39, 0.29) is 19.0 Å². The van der Waals surface area contributed by atoms with Gasteiger partial charge in [0.1, 0.15) is 0 Å². The van der Waals surface area contributed by atoms with Crippen molar-refractivity contribution in [1.82, 2.24) is 4.31 Å². The highest BCUT2D eigenvalue weighted by Gasteiger charge is 2.59. The van der Waals surface area contributed by atoms with Crippen LogP contribution in [0.1, 0.15) is 25.0 Å². The Labute approximate surface area is 118 Å². The molecule has 1 amide bonds. The van der Waals surface area contributed by atoms with Gasteiger partial charge in [0.15, 0.2) is 4.75 Å². The molecule has 0 atom stereocenters. The summed E-state index contributed by atoms with van der Waals surface area (Å²) in [7, 11) is -3.55. The SMILES string of the molecule is CC1(C)C(=O)N(Cc2cccc(C#CCN)c2)S1(=O)=O. The molecule has 1 aromatic rings. The predicted molar refractivity (Wildman–Crippen MR) is 75.9 cm³/mol. The Balaban J connectivity index is 2.22. The summed E-state index contributed by atoms with van der Waals surface area (Å²) in [4.78, 5) is 11.9. The van der Waals surface area contributed by atoms with E-state index >= 15 is 0 Å². The van der Waals surface area contributed by atoms with Crippen molar-refractivity contribution in [2.24, 2.45) is 5.73 Å². The molecule has 0 unspecified atom stereocenters. The average molecular weight is 292 g/mol. The maximum Gasteiger partial charge on any atom is 0.259 e. The van der Waals surface area contributed by atoms with Crippen molar-refractivity contribution in [2.75, 3.05) is 6.54 Å². The molecule has 0 saturated carbocycles. The Morgan fingerprint density at radius 2 is 2.05 bits per heavy atom. The summed E-state index contributed by atoms with van der Waals surface area (Å²) in [6.07, 6.45) is 0. The molecule has 106 valence electrons. The number of nitrogens with two attached hydrogens (primary N) is 1. The van der Waals surface area contributed by atoms with Crippen molar-refractivity contribution < 1.29 is 13.2 Å². The van der Waals surface area contributed by atoms with Crippen LogP contribution in [0.4, 0.5) is 0 Å². The number of nitrogens with zero attached hydrogens (tertiary/aromatic N) is 1. The third kappa shape index (κ3) is 2.19. The zero-order valence-corrected chi connectivity index (χ0v) is 12.2. The zero-order valence-electron chi connectivity index (χ0n) is 11.4. The van der Waals surface area contributed by atoms with Gasteiger partial charge in [0.05, 0.1) is 13.1 Å². The smallest absolute Gasteiger partial charge is 0.259 e. The van der Waals surface area contributed by atoms with Gasteiger partial charge in [-0.15, -0.1) is 0 Å². The van der Waals surface area contributed by atoms with Gasteiger partial charge in [0.25, 0.3) is 15.9 Å². The number of benzene rings is 1. The Bertz CT molecular complexity index is 711. The number of hydrogen-bond acceptors (Lipinski definition) is 4. The van der Waals surface area contributed by atoms with Crippen LogP contribution in [0.15, 0.2) is 24.3 Å². The molecule has 0 aliphatic carbocycles. The van der Waals surface area contributed by atoms with Crippen molar-refractivity contribution in [3.63, 3.8) is 0 Å². The maximum absolute atomic E-state index is 12.0. The fourth-order valence-corrected chi connectivity index (χ4v) is 3.49. The third-order valence-corrected chi connectivity index (χ3v) is 5.60. The maximum atomic E-state index is 12.0. The zero-order chi connectivity index (χ0) is 15.0. The molecular weight excluding hydrogens is 276 g/mol. The van der Waals surface area contributed by atoms with Crippen LogP contribution in [0.3, 0.4) is 0 Å². The second-order valence-corrected chi connectivity index (χ2v) is 7.44. The summed E-state index contributed by atoms with van der Waals surface area (Å²) in [6.45, 7) is 3.15. The number of sulfonamides is 1. The van der Waals surface area contributed by atoms with Gasteiger partial charge in [0.2, 0.25) is 0 Å². The quantitative estimate of drug-likeness (QED) is 0.802. The van der Waals surface area contributed by atoms with Gasteiger partial charge in [-0.25, -0.2) is 12.7 Å². The molecule has 0 spiro atoms. The molecule has 2 rings (SSSR count). The van der Waals surface area contributed by atoms with Crippen molar-refractivity contribution in [2.45, 2.75) is 25.1 Å². The molecule has 1 aliphatic rings. The van der Waals surface area contributed by atoms with E-state index in [1.165, 1.54) is 13.8 Å². The molecular formula is C14H16N2O3S. The fraction of sp³-hybridized carbons (Fsp3) is 0.357. The van der Waals surface area contributed by atoms with Gasteiger partial charge < -0.3 is 5.73 Å². The summed E-state index contributed by atoms with van der Waals surface area (Å²) >= 11 is 0. The van der Waals surface area contributed by atoms with Gasteiger partial charge in [-0.2, -0.15) is 0 Å². The number of amides is 1. The third-order valence-electron chi connectivity index (χ3n) is 3.26. The summed E-state index contributed by atoms with van der Waals surface area (Å²) in [5, 5.41) is 0. The lowest BCUT2D eigenvalue weighted by Gasteiger charge is -2.43. The molecule has 1 heterocycles. The molecule has 2 N–H and O–H groups in total. The Kier molecular flexibility index (Phi) is 3.59. The first-order valence-corrected chi connectivity index (χ1v) is 7.59. The molecule has 0 radical (unpaired) electrons. The van der Waals surface area contributed by atoms with Crippen molar-refractivity contribution in [3.05, 3.63) is 35.4 Å². The van der Waals surface area contributed by atoms with Crippen LogP contribution in [-0.2, 0) is 21.4 Å². The minimum absolute atomic E-state index is 0.0444. The lowest BCUT2D eigenvalue weighted by atomic mass is 10.1. The van der Waals surface area contributed by atoms with Gasteiger partial charge in [-0.1, -0.05) is 24.0 Å². The molecule has 0 bridgehead atoms. The second-order valence-electron chi connectivity index (χ2n) is 5.03. The molecule has 5 nitrogen and oxygen atoms in total. The molecule has 0 aromatic heterocycles. The molecule has 6 heteroatoms. The van der Waals surface area contributed by atoms with Crippen LogP contribution in [0.25, 0.3) is 0 Å². The van der Waals surface area contributed by atoms with Crippen LogP contribution >= 0.6 is 0 Å². The van der Waals surface area contributed by atoms with E-state index in [2.05, 4.69) is 11.8 Å². The first-order valence-electron chi connectivity index (χ1n) is 6.15. The van der Waals surface area contributed by atoms with Crippen molar-refractivity contribution >= 4 is 15.9 Å². The van der Waals surface area contributed by atoms with Gasteiger partial charge in [0, 0.05) is 5.56 Å². The normalized spacial score (nSPS) is 18.9. The molecule has 1 saturated heterocycles. The molecule has 1 fully saturated rings. The predicted octanol–water partition coefficient (Wildman–Crippen LogP) is 0.447. The fourth-order valence-electron chi connectivity index (χ4n) is 1.98. The van der Waals surface area contributed by atoms with Crippen molar-refractivity contribution in [1.29, 1.82) is 0 Å². The summed E-state index contributed by atoms with van der Waals surface area (Å²) < 4.78 is 23.6. The van der Waals surface area contributed by atoms with Crippen LogP contribution in [0.5, 0.6) is 0 Å². The van der Waals surface area contributed by atoms with E-state index in [1.807, 2.05) is 6.07 Å². The summed E-state index contributed by atoms with van der Waals surface area (Å²) in [5.74, 6) is 5.23. The minimum atomic E-state index is -3.55. The Morgan fingerprint density at radius 3 is 2.65 bits per heavy atom. The Morgan fingerprint density at radius 1 is 1.35 bits per heavy atom. The van der Waals surface area contributed by atoms with Crippen LogP contribution in [0.2, 0.25) is 0 Å². The van der Waals surface area contributed by atoms with Crippen molar-refractivity contribution in [3.8, 4) is 11.8 Å². The minimum Gasteiger partial charge on any atom is -0.320 e. The van der Waals surface area contributed by atoms with Crippen LogP contribution < -0.4 is 5.73 Å². The number of carbonyl (C=O) groups excluding carboxylic acids is 1. The lowest BCUT2D eigenvalue weighted by Crippen LogP contribution is -2.66. The number of carbonyl (C=O) groups is 1. The van der Waals surface area contributed by atoms with Gasteiger partial charge >= 0.3 is 0 Å². The topological polar surface area (TPSA) is 80.5 Å².